The van der Waals surface area contributed by atoms with E-state index < -0.39 is 17.2 Å². The molecule has 2 aliphatic rings. The Bertz CT molecular complexity index is 1500. The quantitative estimate of drug-likeness (QED) is 0.284. The maximum Gasteiger partial charge on any atom is 0.341 e. The van der Waals surface area contributed by atoms with Crippen molar-refractivity contribution in [2.75, 3.05) is 60.8 Å². The van der Waals surface area contributed by atoms with Crippen molar-refractivity contribution < 1.29 is 19.1 Å². The summed E-state index contributed by atoms with van der Waals surface area (Å²) < 4.78 is 17.1. The first-order valence-corrected chi connectivity index (χ1v) is 15.5. The summed E-state index contributed by atoms with van der Waals surface area (Å²) in [6.45, 7) is 3.37. The van der Waals surface area contributed by atoms with E-state index in [0.29, 0.717) is 55.6 Å². The molecule has 1 saturated carbocycles. The molecule has 2 fully saturated rings. The van der Waals surface area contributed by atoms with Gasteiger partial charge in [0.2, 0.25) is 11.3 Å². The number of aromatic nitrogens is 1. The van der Waals surface area contributed by atoms with E-state index in [9.17, 15) is 19.5 Å². The number of rotatable bonds is 12. The van der Waals surface area contributed by atoms with Gasteiger partial charge in [-0.2, -0.15) is 0 Å². The van der Waals surface area contributed by atoms with Crippen LogP contribution in [0.3, 0.4) is 0 Å². The number of fused-ring (bicyclic) bond motifs is 1. The maximum absolute atomic E-state index is 15.3. The zero-order valence-corrected chi connectivity index (χ0v) is 24.9. The van der Waals surface area contributed by atoms with Gasteiger partial charge in [0.15, 0.2) is 0 Å². The monoisotopic (exact) mass is 616 g/mol. The molecule has 2 heterocycles. The molecule has 1 amide bonds. The zero-order valence-electron chi connectivity index (χ0n) is 23.4. The van der Waals surface area contributed by atoms with Gasteiger partial charge in [-0.25, -0.2) is 9.18 Å². The van der Waals surface area contributed by atoms with Crippen LogP contribution in [0.25, 0.3) is 10.9 Å². The van der Waals surface area contributed by atoms with Crippen LogP contribution >= 0.6 is 23.2 Å². The first kappa shape index (κ1) is 30.2. The summed E-state index contributed by atoms with van der Waals surface area (Å²) in [4.78, 5) is 43.2. The van der Waals surface area contributed by atoms with E-state index in [1.807, 2.05) is 9.80 Å². The van der Waals surface area contributed by atoms with Crippen molar-refractivity contribution in [1.29, 1.82) is 0 Å². The molecule has 8 nitrogen and oxygen atoms in total. The number of aromatic carboxylic acids is 1. The first-order chi connectivity index (χ1) is 20.3. The lowest BCUT2D eigenvalue weighted by atomic mass is 10.1. The van der Waals surface area contributed by atoms with Crippen LogP contribution < -0.4 is 15.2 Å². The molecule has 1 aromatic heterocycles. The van der Waals surface area contributed by atoms with E-state index in [4.69, 9.17) is 23.2 Å². The second-order valence-electron chi connectivity index (χ2n) is 10.9. The van der Waals surface area contributed by atoms with Crippen molar-refractivity contribution in [2.24, 2.45) is 0 Å². The van der Waals surface area contributed by atoms with Gasteiger partial charge in [-0.15, -0.1) is 23.2 Å². The van der Waals surface area contributed by atoms with Crippen LogP contribution in [0, 0.1) is 5.82 Å². The molecule has 0 bridgehead atoms. The Kier molecular flexibility index (Phi) is 9.58. The van der Waals surface area contributed by atoms with Crippen LogP contribution in [0.1, 0.15) is 47.6 Å². The lowest BCUT2D eigenvalue weighted by Crippen LogP contribution is -2.49. The van der Waals surface area contributed by atoms with Crippen molar-refractivity contribution in [3.05, 3.63) is 69.8 Å². The molecule has 1 N–H and O–H groups in total. The summed E-state index contributed by atoms with van der Waals surface area (Å²) in [6, 6.07) is 11.2. The van der Waals surface area contributed by atoms with E-state index >= 15 is 4.39 Å². The molecular weight excluding hydrogens is 582 g/mol. The molecule has 42 heavy (non-hydrogen) atoms. The number of hydrogen-bond donors (Lipinski definition) is 1. The Hall–Kier alpha value is -3.30. The van der Waals surface area contributed by atoms with Crippen LogP contribution in [0.4, 0.5) is 15.8 Å². The molecule has 0 spiro atoms. The Morgan fingerprint density at radius 3 is 2.26 bits per heavy atom. The number of amides is 1. The molecule has 0 radical (unpaired) electrons. The maximum atomic E-state index is 15.3. The van der Waals surface area contributed by atoms with E-state index in [2.05, 4.69) is 29.2 Å². The fourth-order valence-corrected chi connectivity index (χ4v) is 6.06. The number of carboxylic acids is 1. The van der Waals surface area contributed by atoms with Crippen molar-refractivity contribution in [3.8, 4) is 0 Å². The van der Waals surface area contributed by atoms with Gasteiger partial charge in [-0.1, -0.05) is 12.1 Å². The number of anilines is 2. The van der Waals surface area contributed by atoms with Crippen molar-refractivity contribution in [2.45, 2.75) is 38.1 Å². The minimum absolute atomic E-state index is 0.0781. The third-order valence-electron chi connectivity index (χ3n) is 8.11. The number of hydrogen-bond acceptors (Lipinski definition) is 5. The van der Waals surface area contributed by atoms with Crippen LogP contribution in [-0.2, 0) is 11.2 Å². The van der Waals surface area contributed by atoms with E-state index in [1.165, 1.54) is 11.8 Å². The number of benzene rings is 2. The van der Waals surface area contributed by atoms with Gasteiger partial charge in [-0.3, -0.25) is 9.59 Å². The van der Waals surface area contributed by atoms with Crippen molar-refractivity contribution in [1.82, 2.24) is 9.47 Å². The number of carbonyl (C=O) groups excluding carboxylic acids is 1. The summed E-state index contributed by atoms with van der Waals surface area (Å²) in [5, 5.41) is 9.54. The van der Waals surface area contributed by atoms with Crippen LogP contribution in [0.2, 0.25) is 0 Å². The summed E-state index contributed by atoms with van der Waals surface area (Å²) in [7, 11) is 0. The minimum atomic E-state index is -1.31. The van der Waals surface area contributed by atoms with Gasteiger partial charge in [0, 0.05) is 80.8 Å². The van der Waals surface area contributed by atoms with E-state index in [-0.39, 0.29) is 22.9 Å². The predicted molar refractivity (Wildman–Crippen MR) is 165 cm³/mol. The Morgan fingerprint density at radius 2 is 1.67 bits per heavy atom. The molecule has 1 saturated heterocycles. The average Bonchev–Trinajstić information content (AvgIpc) is 3.83. The highest BCUT2D eigenvalue weighted by molar-refractivity contribution is 6.18. The highest BCUT2D eigenvalue weighted by atomic mass is 35.5. The SMILES string of the molecule is O=C(O)c1cn(C2CC2)c2cc(N3CCN(C(=O)CCCc4ccc(N(CCCl)CCCl)cc4)CC3)c(F)cc2c1=O. The molecule has 2 aromatic carbocycles. The largest absolute Gasteiger partial charge is 0.477 e. The van der Waals surface area contributed by atoms with E-state index in [1.54, 1.807) is 10.6 Å². The Morgan fingerprint density at radius 1 is 1.00 bits per heavy atom. The number of pyridine rings is 1. The van der Waals surface area contributed by atoms with Crippen LogP contribution in [0.15, 0.2) is 47.4 Å². The number of halogens is 3. The highest BCUT2D eigenvalue weighted by Gasteiger charge is 2.29. The van der Waals surface area contributed by atoms with Gasteiger partial charge in [0.25, 0.3) is 0 Å². The topological polar surface area (TPSA) is 86.1 Å². The third kappa shape index (κ3) is 6.68. The van der Waals surface area contributed by atoms with Gasteiger partial charge in [0.1, 0.15) is 11.4 Å². The summed E-state index contributed by atoms with van der Waals surface area (Å²) in [5.41, 5.74) is 2.14. The van der Waals surface area contributed by atoms with Gasteiger partial charge >= 0.3 is 5.97 Å². The lowest BCUT2D eigenvalue weighted by molar-refractivity contribution is -0.131. The molecule has 224 valence electrons. The molecular formula is C31H35Cl2FN4O4. The van der Waals surface area contributed by atoms with Gasteiger partial charge in [-0.05, 0) is 55.5 Å². The third-order valence-corrected chi connectivity index (χ3v) is 8.45. The van der Waals surface area contributed by atoms with E-state index in [0.717, 1.165) is 50.5 Å². The van der Waals surface area contributed by atoms with Crippen LogP contribution in [0.5, 0.6) is 0 Å². The minimum Gasteiger partial charge on any atom is -0.477 e. The number of carboxylic acid groups (broad SMARTS) is 1. The Labute approximate surface area is 254 Å². The molecule has 1 aliphatic heterocycles. The standard InChI is InChI=1S/C31H35Cl2FN4O4/c32-10-12-35(13-11-33)22-6-4-21(5-7-22)2-1-3-29(39)37-16-14-36(15-17-37)28-19-27-24(18-26(28)34)30(40)25(31(41)42)20-38(27)23-8-9-23/h4-7,18-20,23H,1-3,8-17H2,(H,41,42). The first-order valence-electron chi connectivity index (χ1n) is 14.4. The average molecular weight is 618 g/mol. The molecule has 11 heteroatoms. The second-order valence-corrected chi connectivity index (χ2v) is 11.6. The van der Waals surface area contributed by atoms with Crippen molar-refractivity contribution >= 4 is 57.4 Å². The van der Waals surface area contributed by atoms with Crippen molar-refractivity contribution in [3.63, 3.8) is 0 Å². The predicted octanol–water partition coefficient (Wildman–Crippen LogP) is 5.13. The highest BCUT2D eigenvalue weighted by Crippen LogP contribution is 2.38. The fourth-order valence-electron chi connectivity index (χ4n) is 5.65. The fraction of sp³-hybridized carbons (Fsp3) is 0.452. The smallest absolute Gasteiger partial charge is 0.341 e. The molecule has 0 atom stereocenters. The normalized spacial score (nSPS) is 15.3. The lowest BCUT2D eigenvalue weighted by Gasteiger charge is -2.36. The summed E-state index contributed by atoms with van der Waals surface area (Å²) in [6.07, 6.45) is 5.13. The van der Waals surface area contributed by atoms with Crippen LogP contribution in [-0.4, -0.2) is 77.5 Å². The van der Waals surface area contributed by atoms with Gasteiger partial charge in [0.05, 0.1) is 11.2 Å². The zero-order chi connectivity index (χ0) is 29.8. The summed E-state index contributed by atoms with van der Waals surface area (Å²) in [5.74, 6) is -0.728. The summed E-state index contributed by atoms with van der Waals surface area (Å²) >= 11 is 11.8. The molecule has 5 rings (SSSR count). The number of piperazine rings is 1. The second kappa shape index (κ2) is 13.3. The number of aryl methyl sites for hydroxylation is 1. The number of carbonyl (C=O) groups is 2. The molecule has 3 aromatic rings. The number of nitrogens with zero attached hydrogens (tertiary/aromatic N) is 4. The molecule has 1 aliphatic carbocycles. The molecule has 0 unspecified atom stereocenters. The Balaban J connectivity index is 1.18. The van der Waals surface area contributed by atoms with Gasteiger partial charge < -0.3 is 24.4 Å². The number of alkyl halides is 2.